The molecule has 0 aromatic heterocycles. The first-order chi connectivity index (χ1) is 7.11. The third kappa shape index (κ3) is 7.23. The Hall–Kier alpha value is -0.730. The van der Waals surface area contributed by atoms with Gasteiger partial charge in [-0.25, -0.2) is 10.3 Å². The van der Waals surface area contributed by atoms with Gasteiger partial charge in [0, 0.05) is 19.5 Å². The van der Waals surface area contributed by atoms with E-state index in [0.29, 0.717) is 24.8 Å². The van der Waals surface area contributed by atoms with Crippen LogP contribution in [0.5, 0.6) is 0 Å². The lowest BCUT2D eigenvalue weighted by atomic mass is 10.3. The second kappa shape index (κ2) is 8.57. The molecule has 0 fully saturated rings. The number of hydrogen-bond donors (Lipinski definition) is 2. The van der Waals surface area contributed by atoms with Crippen LogP contribution in [0, 0.1) is 5.21 Å². The Bertz CT molecular complexity index is 175. The minimum absolute atomic E-state index is 0.0335. The number of hydrazine groups is 2. The fourth-order valence-electron chi connectivity index (χ4n) is 0.935. The zero-order valence-electron chi connectivity index (χ0n) is 9.10. The Balaban J connectivity index is 3.45. The summed E-state index contributed by atoms with van der Waals surface area (Å²) in [6.45, 7) is 5.03. The van der Waals surface area contributed by atoms with E-state index in [0.717, 1.165) is 0 Å². The van der Waals surface area contributed by atoms with E-state index in [2.05, 4.69) is 5.59 Å². The number of rotatable bonds is 9. The molecule has 0 aromatic carbocycles. The van der Waals surface area contributed by atoms with Crippen LogP contribution in [0.4, 0.5) is 0 Å². The maximum absolute atomic E-state index is 11.2. The van der Waals surface area contributed by atoms with Crippen molar-refractivity contribution in [2.24, 2.45) is 0 Å². The van der Waals surface area contributed by atoms with Gasteiger partial charge in [0.2, 0.25) is 0 Å². The normalized spacial score (nSPS) is 11.3. The fraction of sp³-hybridized carbons (Fsp3) is 0.875. The maximum Gasteiger partial charge on any atom is 0.303 e. The summed E-state index contributed by atoms with van der Waals surface area (Å²) in [4.78, 5) is 14.9. The van der Waals surface area contributed by atoms with Crippen molar-refractivity contribution >= 4 is 5.97 Å². The van der Waals surface area contributed by atoms with Gasteiger partial charge in [0.05, 0.1) is 6.61 Å². The van der Waals surface area contributed by atoms with Gasteiger partial charge < -0.3 is 10.3 Å². The first-order valence-corrected chi connectivity index (χ1v) is 4.93. The molecule has 0 bridgehead atoms. The number of nitrogens with one attached hydrogen (secondary N) is 1. The number of nitrogens with zero attached hydrogens (tertiary/aromatic N) is 2. The van der Waals surface area contributed by atoms with Gasteiger partial charge in [0.25, 0.3) is 0 Å². The van der Waals surface area contributed by atoms with Crippen LogP contribution >= 0.6 is 0 Å². The highest BCUT2D eigenvalue weighted by molar-refractivity contribution is 5.66. The van der Waals surface area contributed by atoms with Gasteiger partial charge in [0.15, 0.2) is 0 Å². The monoisotopic (exact) mass is 220 g/mol. The molecule has 2 N–H and O–H groups in total. The van der Waals surface area contributed by atoms with Crippen molar-refractivity contribution in [3.05, 3.63) is 5.21 Å². The lowest BCUT2D eigenvalue weighted by Gasteiger charge is -2.37. The summed E-state index contributed by atoms with van der Waals surface area (Å²) >= 11 is 0. The predicted molar refractivity (Wildman–Crippen MR) is 54.1 cm³/mol. The van der Waals surface area contributed by atoms with Crippen molar-refractivity contribution < 1.29 is 14.7 Å². The summed E-state index contributed by atoms with van der Waals surface area (Å²) in [5.41, 5.74) is 2.17. The van der Waals surface area contributed by atoms with Gasteiger partial charge in [-0.3, -0.25) is 9.63 Å². The van der Waals surface area contributed by atoms with E-state index < -0.39 is 5.97 Å². The van der Waals surface area contributed by atoms with E-state index in [1.54, 1.807) is 0 Å². The molecule has 15 heavy (non-hydrogen) atoms. The zero-order chi connectivity index (χ0) is 11.7. The largest absolute Gasteiger partial charge is 0.756 e. The van der Waals surface area contributed by atoms with Crippen LogP contribution in [0.2, 0.25) is 0 Å². The minimum atomic E-state index is -0.874. The zero-order valence-corrected chi connectivity index (χ0v) is 9.10. The number of hydrogen-bond acceptors (Lipinski definition) is 6. The molecule has 0 aromatic rings. The summed E-state index contributed by atoms with van der Waals surface area (Å²) in [5, 5.41) is 21.5. The summed E-state index contributed by atoms with van der Waals surface area (Å²) < 4.78 is 0. The van der Waals surface area contributed by atoms with Crippen LogP contribution in [0.1, 0.15) is 26.7 Å². The second-order valence-electron chi connectivity index (χ2n) is 2.85. The first kappa shape index (κ1) is 14.3. The van der Waals surface area contributed by atoms with E-state index in [1.165, 1.54) is 5.01 Å². The molecular formula is C8H18N3O4-. The fourth-order valence-corrected chi connectivity index (χ4v) is 0.935. The highest BCUT2D eigenvalue weighted by atomic mass is 16.8. The number of carbonyl (C=O) groups is 1. The highest BCUT2D eigenvalue weighted by Crippen LogP contribution is 1.92. The minimum Gasteiger partial charge on any atom is -0.756 e. The van der Waals surface area contributed by atoms with Crippen molar-refractivity contribution in [3.8, 4) is 0 Å². The Morgan fingerprint density at radius 2 is 2.07 bits per heavy atom. The molecule has 0 radical (unpaired) electrons. The smallest absolute Gasteiger partial charge is 0.303 e. The summed E-state index contributed by atoms with van der Waals surface area (Å²) in [5.74, 6) is -0.874. The van der Waals surface area contributed by atoms with Gasteiger partial charge in [-0.15, -0.1) is 5.59 Å². The molecule has 0 heterocycles. The van der Waals surface area contributed by atoms with Gasteiger partial charge in [-0.2, -0.15) is 0 Å². The molecule has 0 saturated heterocycles. The Morgan fingerprint density at radius 1 is 1.47 bits per heavy atom. The van der Waals surface area contributed by atoms with Crippen LogP contribution in [-0.2, 0) is 9.63 Å². The summed E-state index contributed by atoms with van der Waals surface area (Å²) in [6, 6.07) is 0. The number of carboxylic acids is 1. The molecule has 0 amide bonds. The third-order valence-corrected chi connectivity index (χ3v) is 1.77. The van der Waals surface area contributed by atoms with Crippen molar-refractivity contribution in [1.29, 1.82) is 0 Å². The van der Waals surface area contributed by atoms with Crippen molar-refractivity contribution in [2.75, 3.05) is 19.7 Å². The Morgan fingerprint density at radius 3 is 2.53 bits per heavy atom. The van der Waals surface area contributed by atoms with Crippen LogP contribution in [-0.4, -0.2) is 41.1 Å². The lowest BCUT2D eigenvalue weighted by Crippen LogP contribution is -2.47. The van der Waals surface area contributed by atoms with E-state index in [9.17, 15) is 10.0 Å². The van der Waals surface area contributed by atoms with Crippen molar-refractivity contribution in [1.82, 2.24) is 15.9 Å². The van der Waals surface area contributed by atoms with Crippen molar-refractivity contribution in [2.45, 2.75) is 26.7 Å². The second-order valence-corrected chi connectivity index (χ2v) is 2.85. The third-order valence-electron chi connectivity index (χ3n) is 1.77. The SMILES string of the molecule is CCN(CC)N([O-])NOCCCC(=O)O. The molecule has 7 nitrogen and oxygen atoms in total. The Labute approximate surface area is 89.1 Å². The topological polar surface area (TPSA) is 88.1 Å². The molecule has 0 saturated carbocycles. The van der Waals surface area contributed by atoms with Gasteiger partial charge in [-0.1, -0.05) is 13.8 Å². The molecule has 90 valence electrons. The molecular weight excluding hydrogens is 202 g/mol. The average Bonchev–Trinajstić information content (AvgIpc) is 2.18. The first-order valence-electron chi connectivity index (χ1n) is 4.93. The van der Waals surface area contributed by atoms with E-state index in [-0.39, 0.29) is 13.0 Å². The molecule has 0 rings (SSSR count). The number of aliphatic carboxylic acids is 1. The van der Waals surface area contributed by atoms with Gasteiger partial charge in [0.1, 0.15) is 0 Å². The summed E-state index contributed by atoms with van der Waals surface area (Å²) in [7, 11) is 0. The van der Waals surface area contributed by atoms with Crippen molar-refractivity contribution in [3.63, 3.8) is 0 Å². The lowest BCUT2D eigenvalue weighted by molar-refractivity contribution is -0.158. The average molecular weight is 220 g/mol. The molecule has 0 unspecified atom stereocenters. The quantitative estimate of drug-likeness (QED) is 0.428. The Kier molecular flexibility index (Phi) is 8.15. The van der Waals surface area contributed by atoms with E-state index in [4.69, 9.17) is 9.94 Å². The van der Waals surface area contributed by atoms with E-state index in [1.807, 2.05) is 13.8 Å². The highest BCUT2D eigenvalue weighted by Gasteiger charge is 2.01. The molecule has 7 heteroatoms. The molecule has 0 atom stereocenters. The summed E-state index contributed by atoms with van der Waals surface area (Å²) in [6.07, 6.45) is 0.403. The van der Waals surface area contributed by atoms with E-state index >= 15 is 0 Å². The molecule has 0 aliphatic rings. The van der Waals surface area contributed by atoms with Gasteiger partial charge >= 0.3 is 5.97 Å². The van der Waals surface area contributed by atoms with Gasteiger partial charge in [-0.05, 0) is 6.42 Å². The standard InChI is InChI=1S/C8H18N3O4/c1-3-10(4-2)11(14)9-15-7-5-6-8(12)13/h9H,3-7H2,1-2H3,(H,12,13)/q-1. The van der Waals surface area contributed by atoms with Crippen LogP contribution < -0.4 is 5.59 Å². The van der Waals surface area contributed by atoms with Crippen LogP contribution in [0.25, 0.3) is 0 Å². The molecule has 0 aliphatic carbocycles. The number of carboxylic acid groups (broad SMARTS) is 1. The predicted octanol–water partition coefficient (Wildman–Crippen LogP) is 0.344. The van der Waals surface area contributed by atoms with Crippen LogP contribution in [0.3, 0.4) is 0 Å². The van der Waals surface area contributed by atoms with Crippen LogP contribution in [0.15, 0.2) is 0 Å². The maximum atomic E-state index is 11.2. The molecule has 0 spiro atoms. The molecule has 0 aliphatic heterocycles.